The summed E-state index contributed by atoms with van der Waals surface area (Å²) in [6, 6.07) is 64.7. The van der Waals surface area contributed by atoms with E-state index < -0.39 is 20.9 Å². The summed E-state index contributed by atoms with van der Waals surface area (Å²) in [5.74, 6) is 0. The molecule has 0 saturated heterocycles. The first-order valence-corrected chi connectivity index (χ1v) is 16.1. The Morgan fingerprint density at radius 2 is 0.488 bits per heavy atom. The Bertz CT molecular complexity index is 1290. The fourth-order valence-electron chi connectivity index (χ4n) is 4.36. The maximum atomic E-state index is 8.36. The van der Waals surface area contributed by atoms with Gasteiger partial charge in [0.25, 0.3) is 5.09 Å². The Hall–Kier alpha value is -4.66. The summed E-state index contributed by atoms with van der Waals surface area (Å²) >= 11 is 0. The van der Waals surface area contributed by atoms with E-state index in [9.17, 15) is 0 Å². The molecule has 0 bridgehead atoms. The molecule has 6 rings (SSSR count). The molecule has 0 aliphatic heterocycles. The molecule has 0 amide bonds. The lowest BCUT2D eigenvalue weighted by Crippen LogP contribution is -2.20. The molecule has 5 nitrogen and oxygen atoms in total. The molecule has 0 aromatic heterocycles. The molecule has 0 aliphatic rings. The lowest BCUT2D eigenvalue weighted by atomic mass is 10.4. The van der Waals surface area contributed by atoms with Gasteiger partial charge < -0.3 is 11.4 Å². The third kappa shape index (κ3) is 10.3. The fraction of sp³-hybridized carbons (Fsp3) is 0. The highest BCUT2D eigenvalue weighted by molar-refractivity contribution is 7.80. The summed E-state index contributed by atoms with van der Waals surface area (Å²) in [6.45, 7) is 0. The van der Waals surface area contributed by atoms with Gasteiger partial charge in [-0.3, -0.25) is 0 Å². The first-order chi connectivity index (χ1) is 20.6. The van der Waals surface area contributed by atoms with Crippen molar-refractivity contribution in [3.05, 3.63) is 192 Å². The third-order valence-electron chi connectivity index (χ3n) is 6.09. The highest BCUT2D eigenvalue weighted by Gasteiger charge is 2.16. The van der Waals surface area contributed by atoms with E-state index in [2.05, 4.69) is 182 Å². The molecule has 4 N–H and O–H groups in total. The molecule has 0 atom stereocenters. The van der Waals surface area contributed by atoms with Crippen molar-refractivity contribution in [2.75, 3.05) is 0 Å². The van der Waals surface area contributed by atoms with Gasteiger partial charge in [0.05, 0.1) is 0 Å². The van der Waals surface area contributed by atoms with Gasteiger partial charge in [-0.2, -0.15) is 0 Å². The molecular formula is C36H34N2O3P2. The lowest BCUT2D eigenvalue weighted by molar-refractivity contribution is -0.742. The number of rotatable bonds is 6. The number of hydrogen-bond donors (Lipinski definition) is 2. The molecule has 0 spiro atoms. The quantitative estimate of drug-likeness (QED) is 0.126. The lowest BCUT2D eigenvalue weighted by Gasteiger charge is -2.18. The van der Waals surface area contributed by atoms with E-state index in [1.54, 1.807) is 0 Å². The van der Waals surface area contributed by atoms with Gasteiger partial charge in [0.2, 0.25) is 0 Å². The zero-order chi connectivity index (χ0) is 29.4. The van der Waals surface area contributed by atoms with Crippen LogP contribution in [0.1, 0.15) is 0 Å². The van der Waals surface area contributed by atoms with Gasteiger partial charge >= 0.3 is 0 Å². The molecule has 0 radical (unpaired) electrons. The zero-order valence-corrected chi connectivity index (χ0v) is 25.4. The van der Waals surface area contributed by atoms with Crippen LogP contribution in [0, 0.1) is 10.1 Å². The second-order valence-electron chi connectivity index (χ2n) is 8.92. The minimum Gasteiger partial charge on any atom is -0.344 e. The van der Waals surface area contributed by atoms with Crippen molar-refractivity contribution in [1.29, 1.82) is 0 Å². The van der Waals surface area contributed by atoms with E-state index in [0.29, 0.717) is 0 Å². The minimum absolute atomic E-state index is 0. The molecule has 0 unspecified atom stereocenters. The fourth-order valence-corrected chi connectivity index (χ4v) is 8.97. The Morgan fingerprint density at radius 3 is 0.605 bits per heavy atom. The molecule has 0 fully saturated rings. The zero-order valence-electron chi connectivity index (χ0n) is 23.6. The summed E-state index contributed by atoms with van der Waals surface area (Å²) in [6.07, 6.45) is 0. The smallest absolute Gasteiger partial charge is 0.291 e. The number of benzene rings is 6. The maximum absolute atomic E-state index is 8.36. The predicted octanol–water partition coefficient (Wildman–Crippen LogP) is 6.70. The van der Waals surface area contributed by atoms with Gasteiger partial charge in [-0.1, -0.05) is 182 Å². The van der Waals surface area contributed by atoms with Crippen molar-refractivity contribution in [2.45, 2.75) is 0 Å². The third-order valence-corrected chi connectivity index (χ3v) is 11.0. The van der Waals surface area contributed by atoms with Crippen molar-refractivity contribution in [1.82, 2.24) is 6.15 Å². The highest BCUT2D eigenvalue weighted by Crippen LogP contribution is 2.33. The van der Waals surface area contributed by atoms with Gasteiger partial charge in [-0.25, -0.2) is 0 Å². The average molecular weight is 605 g/mol. The summed E-state index contributed by atoms with van der Waals surface area (Å²) < 4.78 is 0. The summed E-state index contributed by atoms with van der Waals surface area (Å²) in [5, 5.41) is 22.0. The van der Waals surface area contributed by atoms with Gasteiger partial charge in [0, 0.05) is 0 Å². The van der Waals surface area contributed by atoms with Crippen molar-refractivity contribution < 1.29 is 10.3 Å². The number of nitrogens with zero attached hydrogens (tertiary/aromatic N) is 1. The van der Waals surface area contributed by atoms with E-state index in [-0.39, 0.29) is 6.15 Å². The van der Waals surface area contributed by atoms with Crippen molar-refractivity contribution in [3.8, 4) is 0 Å². The van der Waals surface area contributed by atoms with Crippen molar-refractivity contribution in [2.24, 2.45) is 0 Å². The molecule has 43 heavy (non-hydrogen) atoms. The normalized spacial score (nSPS) is 9.91. The van der Waals surface area contributed by atoms with Crippen LogP contribution >= 0.6 is 15.8 Å². The van der Waals surface area contributed by atoms with Crippen LogP contribution in [0.3, 0.4) is 0 Å². The van der Waals surface area contributed by atoms with Crippen LogP contribution in [-0.2, 0) is 0 Å². The van der Waals surface area contributed by atoms with Gasteiger partial charge in [0.15, 0.2) is 0 Å². The van der Waals surface area contributed by atoms with Crippen LogP contribution < -0.4 is 38.0 Å². The second kappa shape index (κ2) is 18.0. The standard InChI is InChI=1S/2C18H15P.HNO3.H3N/c2*1-4-10-16(11-5-1)19(17-12-6-2-7-13-17)18-14-8-3-9-15-18;2-1(3)4;/h2*1-15H;(H,2,3,4);1H3. The Morgan fingerprint density at radius 1 is 0.372 bits per heavy atom. The summed E-state index contributed by atoms with van der Waals surface area (Å²) in [7, 11) is -0.892. The molecular weight excluding hydrogens is 570 g/mol. The minimum atomic E-state index is -1.50. The van der Waals surface area contributed by atoms with Crippen molar-refractivity contribution in [3.63, 3.8) is 0 Å². The molecule has 0 aliphatic carbocycles. The first kappa shape index (κ1) is 32.8. The van der Waals surface area contributed by atoms with Gasteiger partial charge in [-0.05, 0) is 47.7 Å². The van der Waals surface area contributed by atoms with Gasteiger partial charge in [0.1, 0.15) is 0 Å². The first-order valence-electron chi connectivity index (χ1n) is 13.4. The molecule has 7 heteroatoms. The summed E-state index contributed by atoms with van der Waals surface area (Å²) in [4.78, 5) is 8.36. The van der Waals surface area contributed by atoms with Crippen LogP contribution in [-0.4, -0.2) is 10.3 Å². The maximum Gasteiger partial charge on any atom is 0.291 e. The van der Waals surface area contributed by atoms with Crippen LogP contribution in [0.15, 0.2) is 182 Å². The van der Waals surface area contributed by atoms with Crippen LogP contribution in [0.25, 0.3) is 0 Å². The molecule has 6 aromatic carbocycles. The second-order valence-corrected chi connectivity index (χ2v) is 13.4. The van der Waals surface area contributed by atoms with E-state index >= 15 is 0 Å². The molecule has 216 valence electrons. The Kier molecular flexibility index (Phi) is 13.8. The van der Waals surface area contributed by atoms with E-state index in [0.717, 1.165) is 0 Å². The average Bonchev–Trinajstić information content (AvgIpc) is 3.05. The molecule has 6 aromatic rings. The topological polar surface area (TPSA) is 98.4 Å². The van der Waals surface area contributed by atoms with E-state index in [1.165, 1.54) is 31.8 Å². The van der Waals surface area contributed by atoms with Crippen LogP contribution in [0.2, 0.25) is 0 Å². The Balaban J connectivity index is 0.000000206. The van der Waals surface area contributed by atoms with Crippen LogP contribution in [0.4, 0.5) is 0 Å². The van der Waals surface area contributed by atoms with Crippen molar-refractivity contribution >= 4 is 47.7 Å². The summed E-state index contributed by atoms with van der Waals surface area (Å²) in [5.41, 5.74) is 0. The van der Waals surface area contributed by atoms with E-state index in [1.807, 2.05) is 0 Å². The highest BCUT2D eigenvalue weighted by atomic mass is 31.1. The molecule has 0 heterocycles. The monoisotopic (exact) mass is 604 g/mol. The van der Waals surface area contributed by atoms with Crippen LogP contribution in [0.5, 0.6) is 0 Å². The van der Waals surface area contributed by atoms with E-state index in [4.69, 9.17) is 15.3 Å². The Labute approximate surface area is 255 Å². The van der Waals surface area contributed by atoms with Gasteiger partial charge in [-0.15, -0.1) is 10.1 Å². The SMILES string of the molecule is N.O=[N+]([O-])O.c1ccc(P(c2ccccc2)c2ccccc2)cc1.c1ccc(P(c2ccccc2)c2ccccc2)cc1. The predicted molar refractivity (Wildman–Crippen MR) is 184 cm³/mol. The number of hydrogen-bond acceptors (Lipinski definition) is 3. The molecule has 0 saturated carbocycles. The largest absolute Gasteiger partial charge is 0.344 e.